The van der Waals surface area contributed by atoms with Crippen LogP contribution in [0, 0.1) is 11.3 Å². The predicted octanol–water partition coefficient (Wildman–Crippen LogP) is 4.60. The Balaban J connectivity index is 0.000000532. The van der Waals surface area contributed by atoms with Crippen molar-refractivity contribution in [1.29, 1.82) is 5.26 Å². The molecule has 0 spiro atoms. The SMILES string of the molecule is CN1CC(c2ccc(NC(=O)c3ncc(C#N)[nH]3)c(C3=CCCCCC3)c2)CN(C)C1=O.O=C(O)C(F)(F)F. The number of rotatable bonds is 4. The minimum absolute atomic E-state index is 0.0343. The molecule has 39 heavy (non-hydrogen) atoms. The van der Waals surface area contributed by atoms with Gasteiger partial charge in [-0.2, -0.15) is 18.4 Å². The largest absolute Gasteiger partial charge is 0.490 e. The summed E-state index contributed by atoms with van der Waals surface area (Å²) in [5, 5.41) is 19.1. The maximum atomic E-state index is 12.8. The summed E-state index contributed by atoms with van der Waals surface area (Å²) in [6.45, 7) is 1.33. The summed E-state index contributed by atoms with van der Waals surface area (Å²) in [4.78, 5) is 44.1. The zero-order valence-corrected chi connectivity index (χ0v) is 21.5. The van der Waals surface area contributed by atoms with Crippen molar-refractivity contribution in [1.82, 2.24) is 19.8 Å². The van der Waals surface area contributed by atoms with E-state index in [2.05, 4.69) is 27.4 Å². The van der Waals surface area contributed by atoms with Crippen molar-refractivity contribution in [2.75, 3.05) is 32.5 Å². The molecule has 2 heterocycles. The number of alkyl halides is 3. The molecule has 0 unspecified atom stereocenters. The number of carbonyl (C=O) groups is 3. The maximum absolute atomic E-state index is 12.8. The van der Waals surface area contributed by atoms with E-state index in [1.54, 1.807) is 9.80 Å². The number of halogens is 3. The summed E-state index contributed by atoms with van der Waals surface area (Å²) in [5.41, 5.74) is 4.39. The number of nitrogens with one attached hydrogen (secondary N) is 2. The minimum Gasteiger partial charge on any atom is -0.475 e. The molecular weight excluding hydrogens is 517 g/mol. The van der Waals surface area contributed by atoms with Crippen LogP contribution in [-0.2, 0) is 4.79 Å². The van der Waals surface area contributed by atoms with Crippen molar-refractivity contribution < 1.29 is 32.7 Å². The first kappa shape index (κ1) is 29.2. The zero-order valence-electron chi connectivity index (χ0n) is 21.5. The fourth-order valence-electron chi connectivity index (χ4n) is 4.50. The van der Waals surface area contributed by atoms with Gasteiger partial charge in [0, 0.05) is 44.4 Å². The molecule has 1 saturated heterocycles. The van der Waals surface area contributed by atoms with Gasteiger partial charge >= 0.3 is 18.2 Å². The maximum Gasteiger partial charge on any atom is 0.490 e. The summed E-state index contributed by atoms with van der Waals surface area (Å²) in [6, 6.07) is 8.12. The summed E-state index contributed by atoms with van der Waals surface area (Å²) >= 11 is 0. The van der Waals surface area contributed by atoms with Gasteiger partial charge in [0.2, 0.25) is 0 Å². The molecule has 1 aromatic carbocycles. The van der Waals surface area contributed by atoms with Gasteiger partial charge in [-0.1, -0.05) is 18.6 Å². The van der Waals surface area contributed by atoms with Crippen molar-refractivity contribution in [3.63, 3.8) is 0 Å². The Morgan fingerprint density at radius 1 is 1.18 bits per heavy atom. The van der Waals surface area contributed by atoms with Gasteiger partial charge in [0.15, 0.2) is 5.82 Å². The summed E-state index contributed by atoms with van der Waals surface area (Å²) in [6.07, 6.45) is 4.04. The van der Waals surface area contributed by atoms with Gasteiger partial charge in [-0.25, -0.2) is 14.6 Å². The van der Waals surface area contributed by atoms with Crippen LogP contribution in [0.3, 0.4) is 0 Å². The number of urea groups is 1. The number of nitriles is 1. The number of carboxylic acids is 1. The van der Waals surface area contributed by atoms with E-state index in [1.165, 1.54) is 24.6 Å². The molecule has 2 aliphatic rings. The van der Waals surface area contributed by atoms with Gasteiger partial charge in [-0.3, -0.25) is 4.79 Å². The molecule has 0 bridgehead atoms. The molecule has 1 aliphatic carbocycles. The molecule has 1 aliphatic heterocycles. The number of aromatic amines is 1. The Labute approximate surface area is 223 Å². The predicted molar refractivity (Wildman–Crippen MR) is 136 cm³/mol. The van der Waals surface area contributed by atoms with E-state index in [9.17, 15) is 22.8 Å². The molecule has 0 saturated carbocycles. The highest BCUT2D eigenvalue weighted by Gasteiger charge is 2.38. The first-order valence-electron chi connectivity index (χ1n) is 12.3. The number of imidazole rings is 1. The zero-order chi connectivity index (χ0) is 28.7. The number of allylic oxidation sites excluding steroid dienone is 2. The van der Waals surface area contributed by atoms with Crippen molar-refractivity contribution >= 4 is 29.2 Å². The number of benzene rings is 1. The second-order valence-electron chi connectivity index (χ2n) is 9.39. The Kier molecular flexibility index (Phi) is 9.34. The molecular formula is C26H29F3N6O4. The van der Waals surface area contributed by atoms with Gasteiger partial charge < -0.3 is 25.2 Å². The monoisotopic (exact) mass is 546 g/mol. The lowest BCUT2D eigenvalue weighted by Crippen LogP contribution is -2.48. The fourth-order valence-corrected chi connectivity index (χ4v) is 4.50. The van der Waals surface area contributed by atoms with E-state index in [1.807, 2.05) is 32.3 Å². The third kappa shape index (κ3) is 7.59. The lowest BCUT2D eigenvalue weighted by atomic mass is 9.90. The van der Waals surface area contributed by atoms with Gasteiger partial charge in [0.1, 0.15) is 11.8 Å². The Morgan fingerprint density at radius 3 is 2.44 bits per heavy atom. The Morgan fingerprint density at radius 2 is 1.85 bits per heavy atom. The number of nitrogens with zero attached hydrogens (tertiary/aromatic N) is 4. The van der Waals surface area contributed by atoms with Crippen LogP contribution < -0.4 is 5.32 Å². The number of hydrogen-bond donors (Lipinski definition) is 3. The van der Waals surface area contributed by atoms with Crippen LogP contribution in [0.15, 0.2) is 30.5 Å². The number of aromatic nitrogens is 2. The Hall–Kier alpha value is -4.34. The van der Waals surface area contributed by atoms with Gasteiger partial charge in [-0.05, 0) is 49.0 Å². The molecule has 4 rings (SSSR count). The van der Waals surface area contributed by atoms with Crippen LogP contribution in [0.1, 0.15) is 65.5 Å². The smallest absolute Gasteiger partial charge is 0.475 e. The lowest BCUT2D eigenvalue weighted by Gasteiger charge is -2.36. The van der Waals surface area contributed by atoms with E-state index in [4.69, 9.17) is 15.2 Å². The fraction of sp³-hybridized carbons (Fsp3) is 0.423. The van der Waals surface area contributed by atoms with Crippen molar-refractivity contribution in [2.45, 2.75) is 44.2 Å². The van der Waals surface area contributed by atoms with E-state index in [0.717, 1.165) is 36.1 Å². The van der Waals surface area contributed by atoms with Crippen LogP contribution in [0.25, 0.3) is 5.57 Å². The normalized spacial score (nSPS) is 16.4. The van der Waals surface area contributed by atoms with Gasteiger partial charge in [0.25, 0.3) is 5.91 Å². The van der Waals surface area contributed by atoms with Crippen molar-refractivity contribution in [2.24, 2.45) is 0 Å². The third-order valence-electron chi connectivity index (χ3n) is 6.45. The molecule has 1 aromatic heterocycles. The molecule has 10 nitrogen and oxygen atoms in total. The number of aliphatic carboxylic acids is 1. The second-order valence-corrected chi connectivity index (χ2v) is 9.39. The summed E-state index contributed by atoms with van der Waals surface area (Å²) < 4.78 is 31.7. The molecule has 3 amide bonds. The van der Waals surface area contributed by atoms with E-state index < -0.39 is 12.1 Å². The van der Waals surface area contributed by atoms with Gasteiger partial charge in [0.05, 0.1) is 6.20 Å². The second kappa shape index (κ2) is 12.5. The molecule has 3 N–H and O–H groups in total. The summed E-state index contributed by atoms with van der Waals surface area (Å²) in [5.74, 6) is -2.83. The van der Waals surface area contributed by atoms with Crippen LogP contribution >= 0.6 is 0 Å². The van der Waals surface area contributed by atoms with Crippen LogP contribution in [0.4, 0.5) is 23.7 Å². The third-order valence-corrected chi connectivity index (χ3v) is 6.45. The van der Waals surface area contributed by atoms with Gasteiger partial charge in [-0.15, -0.1) is 0 Å². The number of carbonyl (C=O) groups excluding carboxylic acids is 2. The molecule has 1 fully saturated rings. The number of amides is 3. The average molecular weight is 547 g/mol. The minimum atomic E-state index is -5.08. The highest BCUT2D eigenvalue weighted by molar-refractivity contribution is 6.03. The van der Waals surface area contributed by atoms with Crippen LogP contribution in [-0.4, -0.2) is 76.1 Å². The number of likely N-dealkylation sites (N-methyl/N-ethyl adjacent to an activating group) is 2. The topological polar surface area (TPSA) is 142 Å². The number of H-pyrrole nitrogens is 1. The van der Waals surface area contributed by atoms with E-state index in [0.29, 0.717) is 13.1 Å². The standard InChI is InChI=1S/C24H28N6O2.C2HF3O2/c1-29-14-18(15-30(2)24(29)32)17-9-10-21(20(11-17)16-7-5-3-4-6-8-16)28-23(31)22-26-13-19(12-25)27-22;3-2(4,5)1(6)7/h7,9-11,13,18H,3-6,8,14-15H2,1-2H3,(H,26,27)(H,28,31);(H,6,7). The van der Waals surface area contributed by atoms with E-state index >= 15 is 0 Å². The molecule has 0 atom stereocenters. The molecule has 13 heteroatoms. The highest BCUT2D eigenvalue weighted by Crippen LogP contribution is 2.34. The first-order chi connectivity index (χ1) is 18.4. The Bertz CT molecular complexity index is 1280. The highest BCUT2D eigenvalue weighted by atomic mass is 19.4. The van der Waals surface area contributed by atoms with Crippen LogP contribution in [0.2, 0.25) is 0 Å². The first-order valence-corrected chi connectivity index (χ1v) is 12.3. The molecule has 208 valence electrons. The number of anilines is 1. The lowest BCUT2D eigenvalue weighted by molar-refractivity contribution is -0.192. The number of hydrogen-bond acceptors (Lipinski definition) is 5. The van der Waals surface area contributed by atoms with Crippen molar-refractivity contribution in [3.05, 3.63) is 53.1 Å². The molecule has 2 aromatic rings. The van der Waals surface area contributed by atoms with Crippen LogP contribution in [0.5, 0.6) is 0 Å². The summed E-state index contributed by atoms with van der Waals surface area (Å²) in [7, 11) is 3.65. The number of carboxylic acid groups (broad SMARTS) is 1. The average Bonchev–Trinajstić information content (AvgIpc) is 3.22. The molecule has 0 radical (unpaired) electrons. The van der Waals surface area contributed by atoms with E-state index in [-0.39, 0.29) is 29.4 Å². The van der Waals surface area contributed by atoms with Crippen molar-refractivity contribution in [3.8, 4) is 6.07 Å². The quantitative estimate of drug-likeness (QED) is 0.512.